The molecule has 0 atom stereocenters. The summed E-state index contributed by atoms with van der Waals surface area (Å²) in [6.07, 6.45) is 0. The Hall–Kier alpha value is -8.01. The molecule has 12 aromatic carbocycles. The van der Waals surface area contributed by atoms with Gasteiger partial charge in [-0.1, -0.05) is 251 Å². The third kappa shape index (κ3) is 21.2. The smallest absolute Gasteiger partial charge is 0.872 e. The second-order valence-corrected chi connectivity index (χ2v) is 64.3. The fraction of sp³-hybridized carbons (Fsp3) is 0.333. The van der Waals surface area contributed by atoms with Gasteiger partial charge in [-0.15, -0.1) is 50.5 Å². The van der Waals surface area contributed by atoms with E-state index >= 15 is 15.3 Å². The molecule has 0 spiro atoms. The zero-order valence-corrected chi connectivity index (χ0v) is 85.2. The van der Waals surface area contributed by atoms with Gasteiger partial charge in [0.1, 0.15) is 48.4 Å². The van der Waals surface area contributed by atoms with Crippen molar-refractivity contribution in [1.82, 2.24) is 0 Å². The molecule has 0 amide bonds. The standard InChI is InChI=1S/3C36H42O2Si2.Al.3Li/c3*1-7-39(8-2,9-3)23-21-27-13-17-31-29(25-27)15-19-33(37)35(31)36-32-18-14-28(26-30(32)16-20-34(36)38)22-24-40(10-4,11-5)12-6;;;;/h3*13-20,25-26,37-38H,7-12H2,1-6H3;;;;/q;;;+3;3*+1/p-6. The van der Waals surface area contributed by atoms with E-state index in [9.17, 15) is 0 Å². The molecule has 0 aromatic heterocycles. The van der Waals surface area contributed by atoms with Crippen molar-refractivity contribution in [2.75, 3.05) is 0 Å². The Morgan fingerprint density at radius 3 is 0.524 bits per heavy atom. The number of hydrogen-bond acceptors (Lipinski definition) is 6. The second-order valence-electron chi connectivity index (χ2n) is 33.4. The van der Waals surface area contributed by atoms with Crippen LogP contribution >= 0.6 is 0 Å². The van der Waals surface area contributed by atoms with E-state index in [0.717, 1.165) is 207 Å². The monoisotopic (exact) mass is 1730 g/mol. The van der Waals surface area contributed by atoms with Crippen LogP contribution in [0.25, 0.3) is 98.0 Å². The van der Waals surface area contributed by atoms with Crippen LogP contribution in [0, 0.1) is 68.8 Å². The predicted octanol–water partition coefficient (Wildman–Crippen LogP) is 18.8. The summed E-state index contributed by atoms with van der Waals surface area (Å²) >= 11 is -4.03. The molecular weight excluding hydrogens is 1610 g/mol. The van der Waals surface area contributed by atoms with Crippen LogP contribution in [-0.4, -0.2) is 63.6 Å². The Morgan fingerprint density at radius 1 is 0.210 bits per heavy atom. The molecule has 0 unspecified atom stereocenters. The maximum Gasteiger partial charge on any atom is 1.20 e. The number of benzene rings is 12. The Balaban J connectivity index is 0.00000581. The van der Waals surface area contributed by atoms with Crippen LogP contribution in [-0.2, 0) is 0 Å². The number of fused-ring (bicyclic) bond motifs is 6. The van der Waals surface area contributed by atoms with Crippen molar-refractivity contribution < 1.29 is 83.3 Å². The van der Waals surface area contributed by atoms with Crippen LogP contribution < -0.4 is 83.3 Å². The van der Waals surface area contributed by atoms with Gasteiger partial charge in [0, 0.05) is 50.1 Å². The minimum absolute atomic E-state index is 0. The SMILES string of the molecule is CC[Si](C#Cc1ccc2c(-c3c([O][Al]([O]c4ccc5cc(C#C[Si](CC)(CC)CC)ccc5c4-c4c([O-])ccc5cc(C#C[Si](CC)(CC)CC)ccc45)[O]c4ccc5cc(C#C[Si](CC)(CC)CC)ccc5c4-c4c([O-])ccc5cc(C#C[Si](CC)(CC)CC)ccc45)ccc4cc(C#C[Si](CC)(CC)CC)ccc34)c([O-])ccc2c1)(CC)CC.[Li+].[Li+].[Li+]. The Bertz CT molecular complexity index is 5650. The van der Waals surface area contributed by atoms with E-state index < -0.39 is 63.6 Å². The molecule has 16 heteroatoms. The van der Waals surface area contributed by atoms with Gasteiger partial charge in [-0.3, -0.25) is 0 Å². The third-order valence-electron chi connectivity index (χ3n) is 28.3. The van der Waals surface area contributed by atoms with Crippen LogP contribution in [0.5, 0.6) is 34.5 Å². The molecule has 0 saturated heterocycles. The first-order valence-corrected chi connectivity index (χ1v) is 62.3. The average molecular weight is 1730 g/mol. The second kappa shape index (κ2) is 44.1. The average Bonchev–Trinajstić information content (AvgIpc) is 0.750. The van der Waals surface area contributed by atoms with E-state index in [0.29, 0.717) is 50.6 Å². The summed E-state index contributed by atoms with van der Waals surface area (Å²) in [5.41, 5.74) is 31.4. The first-order chi connectivity index (χ1) is 58.5. The van der Waals surface area contributed by atoms with Gasteiger partial charge in [0.05, 0.1) is 17.2 Å². The molecule has 0 saturated carbocycles. The van der Waals surface area contributed by atoms with E-state index in [1.54, 1.807) is 18.2 Å². The maximum absolute atomic E-state index is 15.6. The van der Waals surface area contributed by atoms with Gasteiger partial charge in [-0.2, -0.15) is 0 Å². The zero-order chi connectivity index (χ0) is 86.4. The van der Waals surface area contributed by atoms with Crippen molar-refractivity contribution in [3.63, 3.8) is 0 Å². The van der Waals surface area contributed by atoms with Gasteiger partial charge < -0.3 is 26.7 Å². The summed E-state index contributed by atoms with van der Waals surface area (Å²) in [7, 11) is -11.1. The summed E-state index contributed by atoms with van der Waals surface area (Å²) in [5.74, 6) is 22.3. The molecule has 0 aliphatic heterocycles. The maximum atomic E-state index is 15.6. The molecule has 0 N–H and O–H groups in total. The summed E-state index contributed by atoms with van der Waals surface area (Å²) in [5, 5.41) is 56.7. The normalized spacial score (nSPS) is 11.6. The van der Waals surface area contributed by atoms with Crippen LogP contribution in [0.4, 0.5) is 0 Å². The van der Waals surface area contributed by atoms with Crippen molar-refractivity contribution >= 4 is 128 Å². The molecule has 12 rings (SSSR count). The molecule has 6 nitrogen and oxygen atoms in total. The minimum Gasteiger partial charge on any atom is -0.872 e. The molecule has 0 bridgehead atoms. The predicted molar refractivity (Wildman–Crippen MR) is 531 cm³/mol. The number of rotatable bonds is 27. The summed E-state index contributed by atoms with van der Waals surface area (Å²) in [6, 6.07) is 79.6. The third-order valence-corrected chi connectivity index (χ3v) is 58.0. The largest absolute Gasteiger partial charge is 1.20 e. The van der Waals surface area contributed by atoms with Crippen molar-refractivity contribution in [2.24, 2.45) is 0 Å². The topological polar surface area (TPSA) is 96.9 Å². The van der Waals surface area contributed by atoms with Gasteiger partial charge in [-0.05, 0) is 281 Å². The molecule has 0 aliphatic carbocycles. The molecule has 0 fully saturated rings. The van der Waals surface area contributed by atoms with E-state index in [1.165, 1.54) is 0 Å². The van der Waals surface area contributed by atoms with Crippen LogP contribution in [0.3, 0.4) is 0 Å². The van der Waals surface area contributed by atoms with Gasteiger partial charge in [0.15, 0.2) is 0 Å². The first-order valence-electron chi connectivity index (χ1n) is 45.2. The van der Waals surface area contributed by atoms with Gasteiger partial charge >= 0.3 is 71.7 Å². The molecule has 618 valence electrons. The molecule has 0 heterocycles. The van der Waals surface area contributed by atoms with Gasteiger partial charge in [0.2, 0.25) is 0 Å². The molecule has 12 aromatic rings. The Labute approximate surface area is 789 Å². The first kappa shape index (κ1) is 99.8. The van der Waals surface area contributed by atoms with Crippen molar-refractivity contribution in [3.05, 3.63) is 215 Å². The van der Waals surface area contributed by atoms with E-state index in [2.05, 4.69) is 303 Å². The van der Waals surface area contributed by atoms with Crippen molar-refractivity contribution in [3.8, 4) is 137 Å². The molecular formula is C108H120AlLi3O6Si6. The fourth-order valence-corrected chi connectivity index (χ4v) is 33.9. The summed E-state index contributed by atoms with van der Waals surface area (Å²) in [6.45, 7) is 41.0. The van der Waals surface area contributed by atoms with Gasteiger partial charge in [0.25, 0.3) is 0 Å². The van der Waals surface area contributed by atoms with E-state index in [4.69, 9.17) is 11.4 Å². The number of hydrogen-bond donors (Lipinski definition) is 0. The summed E-state index contributed by atoms with van der Waals surface area (Å²) in [4.78, 5) is 0. The fourth-order valence-electron chi connectivity index (χ4n) is 17.9. The zero-order valence-electron chi connectivity index (χ0n) is 78.1. The Kier molecular flexibility index (Phi) is 35.5. The molecule has 0 aliphatic rings. The van der Waals surface area contributed by atoms with Crippen LogP contribution in [0.1, 0.15) is 158 Å². The van der Waals surface area contributed by atoms with Gasteiger partial charge in [-0.25, -0.2) is 0 Å². The van der Waals surface area contributed by atoms with Crippen LogP contribution in [0.2, 0.25) is 109 Å². The van der Waals surface area contributed by atoms with E-state index in [1.807, 2.05) is 54.6 Å². The van der Waals surface area contributed by atoms with Crippen LogP contribution in [0.15, 0.2) is 182 Å². The minimum atomic E-state index is -4.03. The quantitative estimate of drug-likeness (QED) is 0.0376. The Morgan fingerprint density at radius 2 is 0.363 bits per heavy atom. The molecule has 124 heavy (non-hydrogen) atoms. The van der Waals surface area contributed by atoms with E-state index in [-0.39, 0.29) is 73.8 Å². The van der Waals surface area contributed by atoms with Crippen molar-refractivity contribution in [1.29, 1.82) is 0 Å². The molecule has 0 radical (unpaired) electrons. The van der Waals surface area contributed by atoms with Crippen molar-refractivity contribution in [2.45, 2.75) is 233 Å². The summed E-state index contributed by atoms with van der Waals surface area (Å²) < 4.78 is 23.7.